The van der Waals surface area contributed by atoms with Gasteiger partial charge in [-0.05, 0) is 117 Å². The zero-order valence-electron chi connectivity index (χ0n) is 36.8. The molecule has 4 aliphatic carbocycles. The topological polar surface area (TPSA) is 236 Å². The van der Waals surface area contributed by atoms with Gasteiger partial charge in [0.15, 0.2) is 0 Å². The van der Waals surface area contributed by atoms with Crippen LogP contribution in [-0.4, -0.2) is 85.3 Å². The summed E-state index contributed by atoms with van der Waals surface area (Å²) in [7, 11) is -4.02. The summed E-state index contributed by atoms with van der Waals surface area (Å²) in [5, 5.41) is 0.867. The Kier molecular flexibility index (Phi) is 32.1. The van der Waals surface area contributed by atoms with Gasteiger partial charge in [0.1, 0.15) is 29.1 Å². The van der Waals surface area contributed by atoms with E-state index in [0.717, 1.165) is 87.9 Å². The molecule has 1 spiro atoms. The number of carbonyl (C=O) groups excluding carboxylic acids is 9. The number of Topliss-reactive ketones (excluding diaryl/α,β-unsaturated/α-hetero) is 4. The standard InChI is InChI=1S/C13H22O3.C9H12O2.C8H12O3.C7H8O3S.C6H11BrO2.CO2.ClH/c1-3-13(9-5-7-11(13)14)10-6-8-12(15)16-4-2;10-7-3-1-5-9(7)6-2-4-8(9)11;1-2-11-8(10)6-4-3-5-7(6)9;1-6-2-4-7(5-3-6)11(8,9)10;1-2-9-6(8)4-3-5-7;2-1-3;/h3-10H2,1-2H3;1-6H2;6H,2-5H2,1H3;2-5H,1H3,(H,8,9,10);2-5H2,1H3;;1H. The summed E-state index contributed by atoms with van der Waals surface area (Å²) in [6.45, 7) is 10.6. The number of hydrogen-bond acceptors (Lipinski definition) is 14. The summed E-state index contributed by atoms with van der Waals surface area (Å²) >= 11 is 3.22. The SMILES string of the molecule is CCOC(=O)C1CCCC1=O.CCOC(=O)CCCBr.CCOC(=O)CCCC1(CC)CCCC1=O.Cc1ccc(S(=O)(=O)O)cc1.Cl.O=C1CCCC12CCCC2=O.O=C=O. The smallest absolute Gasteiger partial charge is 0.373 e. The Morgan fingerprint density at radius 3 is 1.56 bits per heavy atom. The van der Waals surface area contributed by atoms with Gasteiger partial charge in [-0.25, -0.2) is 0 Å². The number of esters is 3. The van der Waals surface area contributed by atoms with Crippen molar-refractivity contribution in [2.24, 2.45) is 16.7 Å². The van der Waals surface area contributed by atoms with E-state index in [1.165, 1.54) is 12.1 Å². The molecule has 0 radical (unpaired) electrons. The van der Waals surface area contributed by atoms with Crippen molar-refractivity contribution in [2.45, 2.75) is 155 Å². The summed E-state index contributed by atoms with van der Waals surface area (Å²) in [5.41, 5.74) is 0.365. The molecule has 1 aromatic carbocycles. The predicted octanol–water partition coefficient (Wildman–Crippen LogP) is 8.07. The largest absolute Gasteiger partial charge is 0.466 e. The van der Waals surface area contributed by atoms with Crippen molar-refractivity contribution in [1.82, 2.24) is 0 Å². The van der Waals surface area contributed by atoms with Gasteiger partial charge in [-0.3, -0.25) is 38.1 Å². The van der Waals surface area contributed by atoms with Crippen LogP contribution in [0.5, 0.6) is 0 Å². The van der Waals surface area contributed by atoms with Gasteiger partial charge in [0.2, 0.25) is 0 Å². The minimum absolute atomic E-state index is 0. The molecule has 0 aliphatic heterocycles. The van der Waals surface area contributed by atoms with Crippen molar-refractivity contribution in [3.8, 4) is 0 Å². The van der Waals surface area contributed by atoms with E-state index in [-0.39, 0.29) is 64.1 Å². The maximum Gasteiger partial charge on any atom is 0.373 e. The van der Waals surface area contributed by atoms with Crippen LogP contribution in [-0.2, 0) is 67.5 Å². The number of ketones is 4. The molecular formula is C44H66BrClO15S. The first-order valence-electron chi connectivity index (χ1n) is 21.1. The fraction of sp³-hybridized carbons (Fsp3) is 0.682. The van der Waals surface area contributed by atoms with E-state index in [9.17, 15) is 42.0 Å². The van der Waals surface area contributed by atoms with Gasteiger partial charge in [0.05, 0.1) is 30.1 Å². The highest BCUT2D eigenvalue weighted by Crippen LogP contribution is 2.45. The summed E-state index contributed by atoms with van der Waals surface area (Å²) < 4.78 is 43.8. The molecule has 2 unspecified atom stereocenters. The number of benzene rings is 1. The zero-order valence-corrected chi connectivity index (χ0v) is 40.0. The lowest BCUT2D eigenvalue weighted by atomic mass is 9.78. The van der Waals surface area contributed by atoms with Gasteiger partial charge in [-0.2, -0.15) is 18.0 Å². The highest BCUT2D eigenvalue weighted by atomic mass is 79.9. The quantitative estimate of drug-likeness (QED) is 0.0647. The van der Waals surface area contributed by atoms with E-state index in [4.69, 9.17) is 23.6 Å². The Hall–Kier alpha value is -3.63. The van der Waals surface area contributed by atoms with Gasteiger partial charge in [0.25, 0.3) is 10.1 Å². The number of carbonyl (C=O) groups is 7. The Labute approximate surface area is 381 Å². The van der Waals surface area contributed by atoms with Crippen LogP contribution in [0.2, 0.25) is 0 Å². The van der Waals surface area contributed by atoms with Crippen LogP contribution in [0.4, 0.5) is 0 Å². The minimum Gasteiger partial charge on any atom is -0.466 e. The lowest BCUT2D eigenvalue weighted by Gasteiger charge is -2.25. The average molecular weight is 982 g/mol. The van der Waals surface area contributed by atoms with E-state index < -0.39 is 21.5 Å². The monoisotopic (exact) mass is 980 g/mol. The van der Waals surface area contributed by atoms with Crippen LogP contribution < -0.4 is 0 Å². The van der Waals surface area contributed by atoms with E-state index in [1.807, 2.05) is 20.8 Å². The van der Waals surface area contributed by atoms with Gasteiger partial charge in [-0.1, -0.05) is 40.5 Å². The van der Waals surface area contributed by atoms with Gasteiger partial charge < -0.3 is 14.2 Å². The van der Waals surface area contributed by atoms with E-state index in [1.54, 1.807) is 19.1 Å². The molecule has 0 bridgehead atoms. The second-order valence-electron chi connectivity index (χ2n) is 14.8. The molecule has 1 N–H and O–H groups in total. The van der Waals surface area contributed by atoms with Crippen LogP contribution >= 0.6 is 28.3 Å². The molecule has 2 atom stereocenters. The summed E-state index contributed by atoms with van der Waals surface area (Å²) in [5.74, 6) is -0.136. The van der Waals surface area contributed by atoms with E-state index >= 15 is 0 Å². The van der Waals surface area contributed by atoms with Crippen LogP contribution in [0, 0.1) is 23.7 Å². The molecule has 5 rings (SSSR count). The lowest BCUT2D eigenvalue weighted by Crippen LogP contribution is -2.29. The molecule has 0 aromatic heterocycles. The second-order valence-corrected chi connectivity index (χ2v) is 17.1. The average Bonchev–Trinajstić information content (AvgIpc) is 4.01. The highest BCUT2D eigenvalue weighted by Gasteiger charge is 2.50. The van der Waals surface area contributed by atoms with Crippen molar-refractivity contribution < 1.29 is 70.3 Å². The Morgan fingerprint density at radius 2 is 1.21 bits per heavy atom. The van der Waals surface area contributed by atoms with Crippen molar-refractivity contribution in [1.29, 1.82) is 0 Å². The Morgan fingerprint density at radius 1 is 0.742 bits per heavy atom. The van der Waals surface area contributed by atoms with Crippen LogP contribution in [0.25, 0.3) is 0 Å². The maximum absolute atomic E-state index is 11.8. The highest BCUT2D eigenvalue weighted by molar-refractivity contribution is 9.09. The van der Waals surface area contributed by atoms with Gasteiger partial charge >= 0.3 is 24.1 Å². The Bertz CT molecular complexity index is 1680. The first kappa shape index (κ1) is 60.5. The van der Waals surface area contributed by atoms with Crippen molar-refractivity contribution in [3.05, 3.63) is 29.8 Å². The molecule has 0 amide bonds. The first-order chi connectivity index (χ1) is 28.9. The van der Waals surface area contributed by atoms with Gasteiger partial charge in [-0.15, -0.1) is 12.4 Å². The summed E-state index contributed by atoms with van der Waals surface area (Å²) in [6, 6.07) is 5.99. The predicted molar refractivity (Wildman–Crippen MR) is 234 cm³/mol. The van der Waals surface area contributed by atoms with Gasteiger partial charge in [0, 0.05) is 49.3 Å². The molecular weight excluding hydrogens is 916 g/mol. The fourth-order valence-corrected chi connectivity index (χ4v) is 8.25. The summed E-state index contributed by atoms with van der Waals surface area (Å²) in [6.07, 6.45) is 14.3. The third kappa shape index (κ3) is 22.1. The lowest BCUT2D eigenvalue weighted by molar-refractivity contribution is -0.192. The second kappa shape index (κ2) is 33.0. The first-order valence-corrected chi connectivity index (χ1v) is 23.6. The molecule has 62 heavy (non-hydrogen) atoms. The third-order valence-electron chi connectivity index (χ3n) is 10.8. The molecule has 0 saturated heterocycles. The third-order valence-corrected chi connectivity index (χ3v) is 12.2. The normalized spacial score (nSPS) is 19.2. The molecule has 0 heterocycles. The van der Waals surface area contributed by atoms with Crippen LogP contribution in [0.3, 0.4) is 0 Å². The van der Waals surface area contributed by atoms with Crippen molar-refractivity contribution in [3.63, 3.8) is 0 Å². The van der Waals surface area contributed by atoms with Crippen LogP contribution in [0.1, 0.15) is 149 Å². The van der Waals surface area contributed by atoms with E-state index in [0.29, 0.717) is 64.1 Å². The molecule has 18 heteroatoms. The molecule has 4 saturated carbocycles. The zero-order chi connectivity index (χ0) is 46.5. The van der Waals surface area contributed by atoms with Crippen molar-refractivity contribution in [2.75, 3.05) is 25.2 Å². The van der Waals surface area contributed by atoms with E-state index in [2.05, 4.69) is 27.6 Å². The number of alkyl halides is 1. The maximum atomic E-state index is 11.8. The molecule has 15 nitrogen and oxygen atoms in total. The Balaban J connectivity index is 0. The minimum atomic E-state index is -4.02. The molecule has 1 aromatic rings. The number of aryl methyl sites for hydroxylation is 1. The molecule has 352 valence electrons. The molecule has 4 fully saturated rings. The number of ether oxygens (including phenoxy) is 3. The number of halogens is 2. The summed E-state index contributed by atoms with van der Waals surface area (Å²) in [4.78, 5) is 94.5. The number of hydrogen-bond donors (Lipinski definition) is 1. The number of rotatable bonds is 13. The fourth-order valence-electron chi connectivity index (χ4n) is 7.49. The molecule has 4 aliphatic rings. The van der Waals surface area contributed by atoms with Crippen LogP contribution in [0.15, 0.2) is 29.2 Å². The van der Waals surface area contributed by atoms with Crippen molar-refractivity contribution >= 4 is 85.6 Å².